The molecule has 0 amide bonds. The molecule has 0 aliphatic carbocycles. The van der Waals surface area contributed by atoms with E-state index in [1.165, 1.54) is 28.4 Å². The molecule has 2 aromatic rings. The van der Waals surface area contributed by atoms with Gasteiger partial charge in [0, 0.05) is 18.7 Å². The van der Waals surface area contributed by atoms with Gasteiger partial charge < -0.3 is 4.90 Å². The highest BCUT2D eigenvalue weighted by molar-refractivity contribution is 5.65. The number of para-hydroxylation sites is 1. The Bertz CT molecular complexity index is 585. The van der Waals surface area contributed by atoms with Crippen molar-refractivity contribution in [2.75, 3.05) is 11.9 Å². The summed E-state index contributed by atoms with van der Waals surface area (Å²) < 4.78 is 0. The van der Waals surface area contributed by atoms with E-state index in [-0.39, 0.29) is 0 Å². The number of rotatable bonds is 3. The third kappa shape index (κ3) is 2.22. The lowest BCUT2D eigenvalue weighted by atomic mass is 9.89. The second kappa shape index (κ2) is 5.32. The molecule has 0 bridgehead atoms. The third-order valence-corrected chi connectivity index (χ3v) is 4.58. The molecule has 0 spiro atoms. The summed E-state index contributed by atoms with van der Waals surface area (Å²) in [7, 11) is 2.17. The van der Waals surface area contributed by atoms with Crippen molar-refractivity contribution in [1.29, 1.82) is 0 Å². The average Bonchev–Trinajstić information content (AvgIpc) is 2.74. The number of anilines is 1. The van der Waals surface area contributed by atoms with Gasteiger partial charge in [-0.25, -0.2) is 0 Å². The molecular formula is C19H22N. The number of fused-ring (bicyclic) bond motifs is 1. The van der Waals surface area contributed by atoms with Gasteiger partial charge in [-0.2, -0.15) is 0 Å². The summed E-state index contributed by atoms with van der Waals surface area (Å²) in [5.74, 6) is 0.517. The van der Waals surface area contributed by atoms with Crippen molar-refractivity contribution in [2.45, 2.75) is 32.6 Å². The van der Waals surface area contributed by atoms with Crippen LogP contribution in [-0.2, 0) is 12.8 Å². The second-order valence-electron chi connectivity index (χ2n) is 5.69. The zero-order valence-electron chi connectivity index (χ0n) is 12.6. The van der Waals surface area contributed by atoms with E-state index in [9.17, 15) is 0 Å². The standard InChI is InChI=1S/C19H22N/c1-4-15-9-11-16(12-10-15)13-18-14(2)20(3)19-8-6-5-7-17(18)19/h5-12,18H,4,13H2,1-3H3. The van der Waals surface area contributed by atoms with Gasteiger partial charge >= 0.3 is 0 Å². The SMILES string of the molecule is CCc1ccc(CC2[C](C)N(C)c3ccccc32)cc1. The minimum Gasteiger partial charge on any atom is -0.366 e. The largest absolute Gasteiger partial charge is 0.366 e. The molecule has 0 aromatic heterocycles. The lowest BCUT2D eigenvalue weighted by molar-refractivity contribution is 0.703. The van der Waals surface area contributed by atoms with Gasteiger partial charge in [-0.05, 0) is 42.5 Å². The van der Waals surface area contributed by atoms with Gasteiger partial charge in [0.1, 0.15) is 0 Å². The quantitative estimate of drug-likeness (QED) is 0.784. The maximum atomic E-state index is 2.33. The molecule has 103 valence electrons. The molecule has 1 heterocycles. The molecule has 20 heavy (non-hydrogen) atoms. The van der Waals surface area contributed by atoms with E-state index >= 15 is 0 Å². The zero-order valence-corrected chi connectivity index (χ0v) is 12.6. The molecule has 0 saturated heterocycles. The van der Waals surface area contributed by atoms with E-state index in [0.717, 1.165) is 12.8 Å². The predicted molar refractivity (Wildman–Crippen MR) is 86.0 cm³/mol. The summed E-state index contributed by atoms with van der Waals surface area (Å²) in [5.41, 5.74) is 5.67. The van der Waals surface area contributed by atoms with Crippen molar-refractivity contribution in [3.8, 4) is 0 Å². The maximum absolute atomic E-state index is 2.33. The van der Waals surface area contributed by atoms with Crippen LogP contribution in [0.2, 0.25) is 0 Å². The first kappa shape index (κ1) is 13.2. The molecule has 2 aromatic carbocycles. The Balaban J connectivity index is 1.86. The van der Waals surface area contributed by atoms with Crippen LogP contribution in [0.25, 0.3) is 0 Å². The van der Waals surface area contributed by atoms with E-state index in [1.54, 1.807) is 0 Å². The minimum absolute atomic E-state index is 0.517. The first-order valence-corrected chi connectivity index (χ1v) is 7.44. The third-order valence-electron chi connectivity index (χ3n) is 4.58. The fourth-order valence-electron chi connectivity index (χ4n) is 3.14. The number of benzene rings is 2. The van der Waals surface area contributed by atoms with Crippen molar-refractivity contribution >= 4 is 5.69 Å². The molecule has 0 N–H and O–H groups in total. The van der Waals surface area contributed by atoms with E-state index in [0.29, 0.717) is 5.92 Å². The van der Waals surface area contributed by atoms with Crippen molar-refractivity contribution < 1.29 is 0 Å². The van der Waals surface area contributed by atoms with Gasteiger partial charge in [0.15, 0.2) is 0 Å². The molecule has 1 nitrogen and oxygen atoms in total. The number of hydrogen-bond donors (Lipinski definition) is 0. The Morgan fingerprint density at radius 3 is 2.30 bits per heavy atom. The highest BCUT2D eigenvalue weighted by Crippen LogP contribution is 2.45. The van der Waals surface area contributed by atoms with Crippen molar-refractivity contribution in [2.24, 2.45) is 0 Å². The lowest BCUT2D eigenvalue weighted by Crippen LogP contribution is -2.19. The molecule has 1 heteroatoms. The van der Waals surface area contributed by atoms with Gasteiger partial charge in [-0.15, -0.1) is 0 Å². The lowest BCUT2D eigenvalue weighted by Gasteiger charge is -2.22. The number of nitrogens with zero attached hydrogens (tertiary/aromatic N) is 1. The summed E-state index contributed by atoms with van der Waals surface area (Å²) >= 11 is 0. The fraction of sp³-hybridized carbons (Fsp3) is 0.316. The topological polar surface area (TPSA) is 3.24 Å². The summed E-state index contributed by atoms with van der Waals surface area (Å²) in [4.78, 5) is 2.33. The second-order valence-corrected chi connectivity index (χ2v) is 5.69. The summed E-state index contributed by atoms with van der Waals surface area (Å²) in [6.45, 7) is 4.46. The number of aryl methyl sites for hydroxylation is 1. The highest BCUT2D eigenvalue weighted by Gasteiger charge is 2.33. The van der Waals surface area contributed by atoms with Crippen molar-refractivity contribution in [3.05, 3.63) is 71.3 Å². The van der Waals surface area contributed by atoms with Gasteiger partial charge in [0.25, 0.3) is 0 Å². The highest BCUT2D eigenvalue weighted by atomic mass is 15.2. The number of hydrogen-bond acceptors (Lipinski definition) is 1. The van der Waals surface area contributed by atoms with Gasteiger partial charge in [-0.3, -0.25) is 0 Å². The predicted octanol–water partition coefficient (Wildman–Crippen LogP) is 4.58. The van der Waals surface area contributed by atoms with E-state index < -0.39 is 0 Å². The first-order valence-electron chi connectivity index (χ1n) is 7.44. The van der Waals surface area contributed by atoms with Crippen LogP contribution < -0.4 is 4.90 Å². The van der Waals surface area contributed by atoms with Crippen LogP contribution in [0.1, 0.15) is 36.5 Å². The average molecular weight is 264 g/mol. The van der Waals surface area contributed by atoms with E-state index in [4.69, 9.17) is 0 Å². The number of likely N-dealkylation sites (N-methyl/N-ethyl adjacent to an activating group) is 1. The normalized spacial score (nSPS) is 18.4. The monoisotopic (exact) mass is 264 g/mol. The molecule has 1 unspecified atom stereocenters. The van der Waals surface area contributed by atoms with Crippen LogP contribution in [0.5, 0.6) is 0 Å². The van der Waals surface area contributed by atoms with E-state index in [1.807, 2.05) is 0 Å². The van der Waals surface area contributed by atoms with Crippen LogP contribution in [0, 0.1) is 6.04 Å². The van der Waals surface area contributed by atoms with Gasteiger partial charge in [-0.1, -0.05) is 49.4 Å². The minimum atomic E-state index is 0.517. The van der Waals surface area contributed by atoms with Crippen LogP contribution in [0.4, 0.5) is 5.69 Å². The van der Waals surface area contributed by atoms with Crippen LogP contribution in [0.15, 0.2) is 48.5 Å². The van der Waals surface area contributed by atoms with Gasteiger partial charge in [0.05, 0.1) is 6.04 Å². The Kier molecular flexibility index (Phi) is 3.52. The zero-order chi connectivity index (χ0) is 14.1. The summed E-state index contributed by atoms with van der Waals surface area (Å²) in [5, 5.41) is 0. The molecule has 0 fully saturated rings. The summed E-state index contributed by atoms with van der Waals surface area (Å²) in [6, 6.07) is 19.3. The molecular weight excluding hydrogens is 242 g/mol. The Morgan fingerprint density at radius 1 is 0.950 bits per heavy atom. The van der Waals surface area contributed by atoms with Gasteiger partial charge in [0.2, 0.25) is 0 Å². The molecule has 3 rings (SSSR count). The first-order chi connectivity index (χ1) is 9.70. The van der Waals surface area contributed by atoms with Crippen molar-refractivity contribution in [1.82, 2.24) is 0 Å². The molecule has 1 atom stereocenters. The fourth-order valence-corrected chi connectivity index (χ4v) is 3.14. The Morgan fingerprint density at radius 2 is 1.60 bits per heavy atom. The van der Waals surface area contributed by atoms with Crippen LogP contribution in [0.3, 0.4) is 0 Å². The molecule has 0 saturated carbocycles. The Hall–Kier alpha value is -1.76. The summed E-state index contributed by atoms with van der Waals surface area (Å²) in [6.07, 6.45) is 2.21. The Labute approximate surface area is 122 Å². The van der Waals surface area contributed by atoms with E-state index in [2.05, 4.69) is 74.3 Å². The molecule has 1 radical (unpaired) electrons. The van der Waals surface area contributed by atoms with Crippen molar-refractivity contribution in [3.63, 3.8) is 0 Å². The van der Waals surface area contributed by atoms with Crippen LogP contribution in [-0.4, -0.2) is 7.05 Å². The molecule has 1 aliphatic rings. The van der Waals surface area contributed by atoms with Crippen LogP contribution >= 0.6 is 0 Å². The smallest absolute Gasteiger partial charge is 0.0677 e. The maximum Gasteiger partial charge on any atom is 0.0677 e. The molecule has 1 aliphatic heterocycles.